The van der Waals surface area contributed by atoms with E-state index in [2.05, 4.69) is 5.32 Å². The van der Waals surface area contributed by atoms with E-state index in [0.29, 0.717) is 0 Å². The predicted octanol–water partition coefficient (Wildman–Crippen LogP) is -3.08. The molecule has 88 valence electrons. The molecule has 1 rings (SSSR count). The van der Waals surface area contributed by atoms with E-state index < -0.39 is 43.2 Å². The quantitative estimate of drug-likeness (QED) is 0.319. The molecule has 7 heteroatoms. The molecule has 1 aliphatic heterocycles. The van der Waals surface area contributed by atoms with Gasteiger partial charge in [-0.1, -0.05) is 0 Å². The van der Waals surface area contributed by atoms with Gasteiger partial charge in [-0.15, -0.1) is 0 Å². The Morgan fingerprint density at radius 1 is 1.33 bits per heavy atom. The van der Waals surface area contributed by atoms with Gasteiger partial charge in [0, 0.05) is 6.92 Å². The van der Waals surface area contributed by atoms with E-state index in [1.165, 1.54) is 6.92 Å². The van der Waals surface area contributed by atoms with E-state index in [1.807, 2.05) is 0 Å². The maximum Gasteiger partial charge on any atom is 0.217 e. The summed E-state index contributed by atoms with van der Waals surface area (Å²) in [6.07, 6.45) is -5.24. The first kappa shape index (κ1) is 12.3. The van der Waals surface area contributed by atoms with E-state index >= 15 is 0 Å². The molecule has 15 heavy (non-hydrogen) atoms. The van der Waals surface area contributed by atoms with Crippen molar-refractivity contribution in [1.82, 2.24) is 5.32 Å². The van der Waals surface area contributed by atoms with Crippen LogP contribution in [0.15, 0.2) is 0 Å². The van der Waals surface area contributed by atoms with Crippen molar-refractivity contribution in [2.75, 3.05) is 6.61 Å². The van der Waals surface area contributed by atoms with Gasteiger partial charge >= 0.3 is 0 Å². The molecule has 5 atom stereocenters. The number of amides is 1. The number of aliphatic hydroxyl groups excluding tert-OH is 4. The number of rotatable bonds is 2. The van der Waals surface area contributed by atoms with Gasteiger partial charge < -0.3 is 30.5 Å². The monoisotopic (exact) mass is 226 g/mol. The number of nitrogens with one attached hydrogen (secondary N) is 1. The highest BCUT2D eigenvalue weighted by Crippen LogP contribution is 2.19. The van der Waals surface area contributed by atoms with Crippen molar-refractivity contribution in [3.63, 3.8) is 0 Å². The number of carbonyl (C=O) groups excluding carboxylic acids is 1. The molecule has 7 nitrogen and oxygen atoms in total. The Morgan fingerprint density at radius 2 is 1.93 bits per heavy atom. The smallest absolute Gasteiger partial charge is 0.217 e. The lowest BCUT2D eigenvalue weighted by Gasteiger charge is -2.40. The van der Waals surface area contributed by atoms with E-state index in [4.69, 9.17) is 9.84 Å². The molecule has 5 N–H and O–H groups in total. The lowest BCUT2D eigenvalue weighted by atomic mass is 10.7. The molecule has 1 fully saturated rings. The first-order chi connectivity index (χ1) is 6.97. The molecule has 0 aromatic rings. The van der Waals surface area contributed by atoms with E-state index in [1.54, 1.807) is 0 Å². The van der Waals surface area contributed by atoms with Gasteiger partial charge in [-0.25, -0.2) is 0 Å². The second kappa shape index (κ2) is 4.86. The molecule has 0 aromatic heterocycles. The summed E-state index contributed by atoms with van der Waals surface area (Å²) in [7, 11) is 0. The normalized spacial score (nSPS) is 41.3. The summed E-state index contributed by atoms with van der Waals surface area (Å²) in [4.78, 5) is 10.7. The zero-order valence-corrected chi connectivity index (χ0v) is 8.20. The molecule has 0 bridgehead atoms. The molecule has 1 saturated heterocycles. The number of hydrogen-bond donors (Lipinski definition) is 5. The minimum atomic E-state index is -1.45. The van der Waals surface area contributed by atoms with Gasteiger partial charge in [-0.2, -0.15) is 0 Å². The Morgan fingerprint density at radius 3 is 2.40 bits per heavy atom. The number of hydrogen-bond acceptors (Lipinski definition) is 6. The van der Waals surface area contributed by atoms with Crippen molar-refractivity contribution >= 4 is 5.91 Å². The van der Waals surface area contributed by atoms with Crippen LogP contribution in [0, 0.1) is 0 Å². The molecular weight excluding hydrogens is 211 g/mol. The molecule has 0 aliphatic carbocycles. The fraction of sp³-hybridized carbons (Fsp3) is 0.875. The highest BCUT2D eigenvalue weighted by atomic mass is 16.8. The average molecular weight is 226 g/mol. The zero-order valence-electron chi connectivity index (χ0n) is 8.20. The lowest BCUT2D eigenvalue weighted by molar-refractivity contribution is -0.253. The standard InChI is InChI=1S/C8H15NO6/c1-3(11)9-5-7(13)6(12)4(2-10)15-8(5)14/h4-8,10,12-14H,2H2,1H3,(H,9,11)/t4-,5-,6-,7-,8?/m1/s1/i4+1,5+1,6+1,7+1,8+1. The molecule has 0 aromatic carbocycles. The van der Waals surface area contributed by atoms with E-state index in [9.17, 15) is 20.1 Å². The number of aliphatic hydroxyl groups is 4. The predicted molar refractivity (Wildman–Crippen MR) is 47.6 cm³/mol. The van der Waals surface area contributed by atoms with Crippen molar-refractivity contribution < 1.29 is 30.0 Å². The Hall–Kier alpha value is -0.730. The zero-order chi connectivity index (χ0) is 11.6. The first-order valence-corrected chi connectivity index (χ1v) is 4.55. The summed E-state index contributed by atoms with van der Waals surface area (Å²) in [6.45, 7) is 0.687. The SMILES string of the molecule is CC(=O)N[13C@H]1[13CH](O)O[13C@H](CO)[13C@@H](O)[13C@@H]1O. The summed E-state index contributed by atoms with van der Waals surface area (Å²) in [6, 6.07) is -1.10. The third kappa shape index (κ3) is 2.64. The lowest BCUT2D eigenvalue weighted by Crippen LogP contribution is -2.63. The van der Waals surface area contributed by atoms with Crippen LogP contribution >= 0.6 is 0 Å². The van der Waals surface area contributed by atoms with Gasteiger partial charge in [0.2, 0.25) is 5.91 Å². The van der Waals surface area contributed by atoms with Gasteiger partial charge in [0.05, 0.1) is 6.61 Å². The van der Waals surface area contributed by atoms with Gasteiger partial charge in [0.25, 0.3) is 0 Å². The largest absolute Gasteiger partial charge is 0.394 e. The second-order valence-electron chi connectivity index (χ2n) is 3.46. The second-order valence-corrected chi connectivity index (χ2v) is 3.46. The van der Waals surface area contributed by atoms with Crippen LogP contribution in [0.5, 0.6) is 0 Å². The Kier molecular flexibility index (Phi) is 4.00. The maximum absolute atomic E-state index is 10.7. The van der Waals surface area contributed by atoms with Crippen LogP contribution in [0.1, 0.15) is 6.92 Å². The molecule has 1 aliphatic rings. The van der Waals surface area contributed by atoms with Crippen molar-refractivity contribution in [3.8, 4) is 0 Å². The topological polar surface area (TPSA) is 119 Å². The van der Waals surface area contributed by atoms with Crippen LogP contribution in [-0.4, -0.2) is 63.6 Å². The van der Waals surface area contributed by atoms with Crippen LogP contribution < -0.4 is 5.32 Å². The minimum Gasteiger partial charge on any atom is -0.394 e. The van der Waals surface area contributed by atoms with Gasteiger partial charge in [0.15, 0.2) is 6.29 Å². The Labute approximate surface area is 86.3 Å². The van der Waals surface area contributed by atoms with Crippen LogP contribution in [0.2, 0.25) is 0 Å². The third-order valence-corrected chi connectivity index (χ3v) is 2.27. The van der Waals surface area contributed by atoms with E-state index in [-0.39, 0.29) is 0 Å². The number of carbonyl (C=O) groups is 1. The van der Waals surface area contributed by atoms with Crippen molar-refractivity contribution in [2.24, 2.45) is 0 Å². The molecule has 1 heterocycles. The van der Waals surface area contributed by atoms with Crippen molar-refractivity contribution in [2.45, 2.75) is 37.6 Å². The van der Waals surface area contributed by atoms with Crippen LogP contribution in [0.25, 0.3) is 0 Å². The summed E-state index contributed by atoms with van der Waals surface area (Å²) in [5.74, 6) is -0.462. The fourth-order valence-corrected chi connectivity index (χ4v) is 1.49. The highest BCUT2D eigenvalue weighted by molar-refractivity contribution is 5.73. The fourth-order valence-electron chi connectivity index (χ4n) is 1.49. The van der Waals surface area contributed by atoms with Crippen molar-refractivity contribution in [3.05, 3.63) is 0 Å². The Bertz CT molecular complexity index is 235. The van der Waals surface area contributed by atoms with Crippen LogP contribution in [-0.2, 0) is 9.53 Å². The highest BCUT2D eigenvalue weighted by Gasteiger charge is 2.43. The molecule has 1 amide bonds. The molecule has 0 radical (unpaired) electrons. The molecule has 1 unspecified atom stereocenters. The summed E-state index contributed by atoms with van der Waals surface area (Å²) < 4.78 is 4.81. The van der Waals surface area contributed by atoms with Gasteiger partial charge in [0.1, 0.15) is 24.4 Å². The summed E-state index contributed by atoms with van der Waals surface area (Å²) in [5.41, 5.74) is 0. The maximum atomic E-state index is 10.7. The average Bonchev–Trinajstić information content (AvgIpc) is 2.18. The molecule has 0 saturated carbocycles. The molecular formula is C8H15NO6. The van der Waals surface area contributed by atoms with Crippen LogP contribution in [0.3, 0.4) is 0 Å². The van der Waals surface area contributed by atoms with E-state index in [0.717, 1.165) is 0 Å². The van der Waals surface area contributed by atoms with Gasteiger partial charge in [-0.05, 0) is 0 Å². The minimum absolute atomic E-state index is 0.462. The Balaban J connectivity index is 2.70. The van der Waals surface area contributed by atoms with Gasteiger partial charge in [-0.3, -0.25) is 4.79 Å². The third-order valence-electron chi connectivity index (χ3n) is 2.27. The summed E-state index contributed by atoms with van der Waals surface area (Å²) in [5, 5.41) is 39.4. The summed E-state index contributed by atoms with van der Waals surface area (Å²) >= 11 is 0. The molecule has 0 spiro atoms. The first-order valence-electron chi connectivity index (χ1n) is 4.55. The van der Waals surface area contributed by atoms with Crippen LogP contribution in [0.4, 0.5) is 0 Å². The van der Waals surface area contributed by atoms with Crippen molar-refractivity contribution in [1.29, 1.82) is 0 Å². The number of ether oxygens (including phenoxy) is 1.